The molecule has 0 aromatic heterocycles. The highest BCUT2D eigenvalue weighted by Gasteiger charge is 2.30. The zero-order valence-electron chi connectivity index (χ0n) is 14.9. The third-order valence-electron chi connectivity index (χ3n) is 4.98. The molecule has 1 aromatic rings. The lowest BCUT2D eigenvalue weighted by atomic mass is 10.1. The first-order valence-corrected chi connectivity index (χ1v) is 9.03. The fourth-order valence-corrected chi connectivity index (χ4v) is 3.43. The summed E-state index contributed by atoms with van der Waals surface area (Å²) in [5.41, 5.74) is 2.15. The van der Waals surface area contributed by atoms with Gasteiger partial charge in [-0.25, -0.2) is 0 Å². The summed E-state index contributed by atoms with van der Waals surface area (Å²) in [5, 5.41) is 3.02. The van der Waals surface area contributed by atoms with Gasteiger partial charge in [-0.05, 0) is 18.1 Å². The van der Waals surface area contributed by atoms with Crippen molar-refractivity contribution in [3.05, 3.63) is 35.4 Å². The number of amides is 2. The molecule has 3 rings (SSSR count). The molecule has 0 spiro atoms. The fourth-order valence-electron chi connectivity index (χ4n) is 3.43. The maximum atomic E-state index is 12.3. The molecule has 1 unspecified atom stereocenters. The van der Waals surface area contributed by atoms with E-state index in [2.05, 4.69) is 10.2 Å². The number of hydrogen-bond donors (Lipinski definition) is 1. The minimum absolute atomic E-state index is 0.0119. The van der Waals surface area contributed by atoms with Crippen LogP contribution < -0.4 is 5.32 Å². The number of ether oxygens (including phenoxy) is 1. The van der Waals surface area contributed by atoms with Crippen molar-refractivity contribution in [2.75, 3.05) is 45.9 Å². The van der Waals surface area contributed by atoms with Crippen LogP contribution >= 0.6 is 0 Å². The summed E-state index contributed by atoms with van der Waals surface area (Å²) in [7, 11) is 0. The maximum Gasteiger partial charge on any atom is 0.224 e. The quantitative estimate of drug-likeness (QED) is 0.820. The predicted molar refractivity (Wildman–Crippen MR) is 95.3 cm³/mol. The molecule has 0 aliphatic carbocycles. The zero-order chi connectivity index (χ0) is 17.6. The Bertz CT molecular complexity index is 614. The Morgan fingerprint density at radius 1 is 1.24 bits per heavy atom. The SMILES string of the molecule is Cc1ccccc1CC(=O)NC1CC(=O)N(CCN2CCOCC2)C1. The first-order valence-electron chi connectivity index (χ1n) is 9.03. The summed E-state index contributed by atoms with van der Waals surface area (Å²) in [6.45, 7) is 7.62. The van der Waals surface area contributed by atoms with E-state index in [0.29, 0.717) is 19.4 Å². The first kappa shape index (κ1) is 17.9. The molecule has 0 radical (unpaired) electrons. The molecular formula is C19H27N3O3. The molecular weight excluding hydrogens is 318 g/mol. The normalized spacial score (nSPS) is 21.6. The minimum Gasteiger partial charge on any atom is -0.379 e. The average molecular weight is 345 g/mol. The van der Waals surface area contributed by atoms with Crippen molar-refractivity contribution in [1.82, 2.24) is 15.1 Å². The summed E-state index contributed by atoms with van der Waals surface area (Å²) < 4.78 is 5.34. The van der Waals surface area contributed by atoms with Gasteiger partial charge in [-0.1, -0.05) is 24.3 Å². The van der Waals surface area contributed by atoms with E-state index in [0.717, 1.165) is 50.5 Å². The van der Waals surface area contributed by atoms with Crippen molar-refractivity contribution < 1.29 is 14.3 Å². The van der Waals surface area contributed by atoms with Crippen LogP contribution in [0.15, 0.2) is 24.3 Å². The molecule has 1 aromatic carbocycles. The molecule has 0 saturated carbocycles. The molecule has 2 heterocycles. The van der Waals surface area contributed by atoms with Crippen molar-refractivity contribution in [2.45, 2.75) is 25.8 Å². The van der Waals surface area contributed by atoms with E-state index in [4.69, 9.17) is 4.74 Å². The third-order valence-corrected chi connectivity index (χ3v) is 4.98. The number of hydrogen-bond acceptors (Lipinski definition) is 4. The molecule has 2 amide bonds. The zero-order valence-corrected chi connectivity index (χ0v) is 14.9. The van der Waals surface area contributed by atoms with Gasteiger partial charge in [0.2, 0.25) is 11.8 Å². The maximum absolute atomic E-state index is 12.3. The van der Waals surface area contributed by atoms with Crippen LogP contribution in [0.4, 0.5) is 0 Å². The van der Waals surface area contributed by atoms with Crippen molar-refractivity contribution in [2.24, 2.45) is 0 Å². The number of morpholine rings is 1. The Hall–Kier alpha value is -1.92. The molecule has 25 heavy (non-hydrogen) atoms. The Labute approximate surface area is 149 Å². The van der Waals surface area contributed by atoms with Crippen LogP contribution in [0, 0.1) is 6.92 Å². The van der Waals surface area contributed by atoms with E-state index in [1.54, 1.807) is 0 Å². The van der Waals surface area contributed by atoms with Crippen LogP contribution in [-0.4, -0.2) is 73.6 Å². The Balaban J connectivity index is 1.44. The van der Waals surface area contributed by atoms with E-state index < -0.39 is 0 Å². The second kappa shape index (κ2) is 8.45. The van der Waals surface area contributed by atoms with E-state index in [-0.39, 0.29) is 17.9 Å². The van der Waals surface area contributed by atoms with Gasteiger partial charge in [0, 0.05) is 39.1 Å². The largest absolute Gasteiger partial charge is 0.379 e. The Kier molecular flexibility index (Phi) is 6.04. The van der Waals surface area contributed by atoms with Gasteiger partial charge in [0.05, 0.1) is 25.7 Å². The first-order chi connectivity index (χ1) is 12.1. The van der Waals surface area contributed by atoms with Gasteiger partial charge in [-0.2, -0.15) is 0 Å². The molecule has 136 valence electrons. The van der Waals surface area contributed by atoms with Crippen LogP contribution in [0.5, 0.6) is 0 Å². The number of rotatable bonds is 6. The van der Waals surface area contributed by atoms with Crippen LogP contribution in [0.25, 0.3) is 0 Å². The second-order valence-electron chi connectivity index (χ2n) is 6.87. The Morgan fingerprint density at radius 3 is 2.76 bits per heavy atom. The van der Waals surface area contributed by atoms with Crippen molar-refractivity contribution >= 4 is 11.8 Å². The van der Waals surface area contributed by atoms with E-state index in [1.807, 2.05) is 36.1 Å². The monoisotopic (exact) mass is 345 g/mol. The van der Waals surface area contributed by atoms with Crippen LogP contribution in [0.1, 0.15) is 17.5 Å². The smallest absolute Gasteiger partial charge is 0.224 e. The summed E-state index contributed by atoms with van der Waals surface area (Å²) >= 11 is 0. The third kappa shape index (κ3) is 5.03. The van der Waals surface area contributed by atoms with Crippen LogP contribution in [0.2, 0.25) is 0 Å². The van der Waals surface area contributed by atoms with Gasteiger partial charge in [0.1, 0.15) is 0 Å². The summed E-state index contributed by atoms with van der Waals surface area (Å²) in [6.07, 6.45) is 0.772. The second-order valence-corrected chi connectivity index (χ2v) is 6.87. The molecule has 6 heteroatoms. The van der Waals surface area contributed by atoms with Gasteiger partial charge < -0.3 is 15.0 Å². The van der Waals surface area contributed by atoms with Crippen LogP contribution in [0.3, 0.4) is 0 Å². The highest BCUT2D eigenvalue weighted by Crippen LogP contribution is 2.13. The van der Waals surface area contributed by atoms with E-state index >= 15 is 0 Å². The molecule has 1 atom stereocenters. The highest BCUT2D eigenvalue weighted by atomic mass is 16.5. The fraction of sp³-hybridized carbons (Fsp3) is 0.579. The molecule has 2 aliphatic rings. The summed E-state index contributed by atoms with van der Waals surface area (Å²) in [6, 6.07) is 7.83. The number of carbonyl (C=O) groups is 2. The number of aryl methyl sites for hydroxylation is 1. The van der Waals surface area contributed by atoms with Gasteiger partial charge in [-0.3, -0.25) is 14.5 Å². The van der Waals surface area contributed by atoms with Gasteiger partial charge in [-0.15, -0.1) is 0 Å². The number of nitrogens with one attached hydrogen (secondary N) is 1. The predicted octanol–water partition coefficient (Wildman–Crippen LogP) is 0.587. The van der Waals surface area contributed by atoms with Gasteiger partial charge in [0.25, 0.3) is 0 Å². The van der Waals surface area contributed by atoms with Gasteiger partial charge in [0.15, 0.2) is 0 Å². The molecule has 2 aliphatic heterocycles. The standard InChI is InChI=1S/C19H27N3O3/c1-15-4-2-3-5-16(15)12-18(23)20-17-13-19(24)22(14-17)7-6-21-8-10-25-11-9-21/h2-5,17H,6-14H2,1H3,(H,20,23). The number of carbonyl (C=O) groups excluding carboxylic acids is 2. The van der Waals surface area contributed by atoms with Gasteiger partial charge >= 0.3 is 0 Å². The average Bonchev–Trinajstić information content (AvgIpc) is 2.95. The summed E-state index contributed by atoms with van der Waals surface area (Å²) in [4.78, 5) is 28.6. The Morgan fingerprint density at radius 2 is 2.00 bits per heavy atom. The lowest BCUT2D eigenvalue weighted by Gasteiger charge is -2.28. The molecule has 0 bridgehead atoms. The highest BCUT2D eigenvalue weighted by molar-refractivity contribution is 5.83. The lowest BCUT2D eigenvalue weighted by molar-refractivity contribution is -0.128. The van der Waals surface area contributed by atoms with Crippen molar-refractivity contribution in [1.29, 1.82) is 0 Å². The van der Waals surface area contributed by atoms with E-state index in [1.165, 1.54) is 0 Å². The topological polar surface area (TPSA) is 61.9 Å². The molecule has 2 saturated heterocycles. The minimum atomic E-state index is -0.0753. The molecule has 2 fully saturated rings. The van der Waals surface area contributed by atoms with Crippen molar-refractivity contribution in [3.8, 4) is 0 Å². The van der Waals surface area contributed by atoms with Crippen LogP contribution in [-0.2, 0) is 20.7 Å². The lowest BCUT2D eigenvalue weighted by Crippen LogP contribution is -2.43. The number of likely N-dealkylation sites (tertiary alicyclic amines) is 1. The number of nitrogens with zero attached hydrogens (tertiary/aromatic N) is 2. The number of benzene rings is 1. The van der Waals surface area contributed by atoms with Crippen molar-refractivity contribution in [3.63, 3.8) is 0 Å². The molecule has 6 nitrogen and oxygen atoms in total. The molecule has 1 N–H and O–H groups in total. The summed E-state index contributed by atoms with van der Waals surface area (Å²) in [5.74, 6) is 0.122. The van der Waals surface area contributed by atoms with E-state index in [9.17, 15) is 9.59 Å².